The van der Waals surface area contributed by atoms with E-state index in [1.807, 2.05) is 12.1 Å². The zero-order valence-electron chi connectivity index (χ0n) is 15.2. The molecule has 24 heavy (non-hydrogen) atoms. The van der Waals surface area contributed by atoms with Crippen molar-refractivity contribution in [2.24, 2.45) is 0 Å². The Bertz CT molecular complexity index is 499. The number of hydrogen-bond acceptors (Lipinski definition) is 0. The lowest BCUT2D eigenvalue weighted by atomic mass is 10.1. The summed E-state index contributed by atoms with van der Waals surface area (Å²) in [6.07, 6.45) is 14.5. The maximum atomic E-state index is 6.37. The minimum atomic E-state index is 0.235. The molecule has 3 heteroatoms. The van der Waals surface area contributed by atoms with Crippen molar-refractivity contribution in [1.29, 1.82) is 0 Å². The van der Waals surface area contributed by atoms with Gasteiger partial charge in [0.25, 0.3) is 0 Å². The topological polar surface area (TPSA) is 0 Å². The number of alkyl halides is 1. The van der Waals surface area contributed by atoms with E-state index >= 15 is 0 Å². The Labute approximate surface area is 167 Å². The summed E-state index contributed by atoms with van der Waals surface area (Å²) in [5, 5.41) is 0.878. The minimum absolute atomic E-state index is 0.235. The van der Waals surface area contributed by atoms with Gasteiger partial charge in [-0.25, -0.2) is 0 Å². The van der Waals surface area contributed by atoms with Crippen LogP contribution in [0.2, 0.25) is 5.02 Å². The van der Waals surface area contributed by atoms with E-state index in [1.54, 1.807) is 0 Å². The van der Waals surface area contributed by atoms with Crippen molar-refractivity contribution >= 4 is 34.2 Å². The van der Waals surface area contributed by atoms with E-state index in [0.717, 1.165) is 22.5 Å². The molecular formula is C21H32ClIN+. The van der Waals surface area contributed by atoms with Gasteiger partial charge in [0.2, 0.25) is 4.05 Å². The molecule has 0 aromatic heterocycles. The highest BCUT2D eigenvalue weighted by Gasteiger charge is 2.33. The molecule has 1 atom stereocenters. The number of rotatable bonds is 12. The highest BCUT2D eigenvalue weighted by atomic mass is 127. The molecule has 0 aliphatic heterocycles. The third-order valence-electron chi connectivity index (χ3n) is 4.82. The van der Waals surface area contributed by atoms with Crippen LogP contribution in [0.4, 0.5) is 0 Å². The summed E-state index contributed by atoms with van der Waals surface area (Å²) >= 11 is 8.85. The van der Waals surface area contributed by atoms with Gasteiger partial charge in [-0.3, -0.25) is 0 Å². The summed E-state index contributed by atoms with van der Waals surface area (Å²) in [5.74, 6) is 3.04. The molecule has 1 unspecified atom stereocenters. The second-order valence-electron chi connectivity index (χ2n) is 6.65. The van der Waals surface area contributed by atoms with Crippen LogP contribution in [-0.4, -0.2) is 28.2 Å². The summed E-state index contributed by atoms with van der Waals surface area (Å²) in [4.78, 5) is 0. The van der Waals surface area contributed by atoms with E-state index in [9.17, 15) is 0 Å². The molecule has 0 radical (unpaired) electrons. The van der Waals surface area contributed by atoms with Crippen LogP contribution in [-0.2, 0) is 6.42 Å². The first-order chi connectivity index (χ1) is 11.6. The number of benzene rings is 1. The van der Waals surface area contributed by atoms with Gasteiger partial charge < -0.3 is 4.48 Å². The highest BCUT2D eigenvalue weighted by molar-refractivity contribution is 14.1. The van der Waals surface area contributed by atoms with Crippen LogP contribution < -0.4 is 0 Å². The Hall–Kier alpha value is -0.240. The van der Waals surface area contributed by atoms with E-state index in [-0.39, 0.29) is 4.05 Å². The van der Waals surface area contributed by atoms with Crippen molar-refractivity contribution in [3.8, 4) is 12.3 Å². The van der Waals surface area contributed by atoms with Gasteiger partial charge in [-0.15, -0.1) is 6.42 Å². The Kier molecular flexibility index (Phi) is 11.1. The lowest BCUT2D eigenvalue weighted by Gasteiger charge is -2.41. The van der Waals surface area contributed by atoms with Crippen LogP contribution in [0.15, 0.2) is 24.3 Å². The molecular weight excluding hydrogens is 429 g/mol. The van der Waals surface area contributed by atoms with Crippen molar-refractivity contribution in [2.75, 3.05) is 19.6 Å². The third kappa shape index (κ3) is 6.94. The van der Waals surface area contributed by atoms with E-state index in [2.05, 4.69) is 54.5 Å². The average molecular weight is 461 g/mol. The van der Waals surface area contributed by atoms with Crippen molar-refractivity contribution in [3.63, 3.8) is 0 Å². The van der Waals surface area contributed by atoms with Crippen LogP contribution in [0.3, 0.4) is 0 Å². The summed E-state index contributed by atoms with van der Waals surface area (Å²) in [6, 6.07) is 8.21. The van der Waals surface area contributed by atoms with E-state index in [4.69, 9.17) is 18.0 Å². The normalized spacial score (nSPS) is 12.8. The fraction of sp³-hybridized carbons (Fsp3) is 0.619. The molecule has 134 valence electrons. The maximum Gasteiger partial charge on any atom is 0.200 e. The highest BCUT2D eigenvalue weighted by Crippen LogP contribution is 2.25. The second-order valence-corrected chi connectivity index (χ2v) is 8.23. The van der Waals surface area contributed by atoms with Gasteiger partial charge in [0, 0.05) is 34.0 Å². The summed E-state index contributed by atoms with van der Waals surface area (Å²) in [5.41, 5.74) is 1.24. The molecule has 0 aliphatic carbocycles. The molecule has 0 bridgehead atoms. The maximum absolute atomic E-state index is 6.37. The average Bonchev–Trinajstić information content (AvgIpc) is 2.60. The Morgan fingerprint density at radius 3 is 2.12 bits per heavy atom. The fourth-order valence-corrected chi connectivity index (χ4v) is 4.30. The molecule has 1 nitrogen and oxygen atoms in total. The molecule has 0 fully saturated rings. The van der Waals surface area contributed by atoms with E-state index < -0.39 is 0 Å². The van der Waals surface area contributed by atoms with Crippen molar-refractivity contribution < 1.29 is 4.48 Å². The first kappa shape index (κ1) is 21.8. The van der Waals surface area contributed by atoms with Crippen LogP contribution in [0, 0.1) is 12.3 Å². The molecule has 0 spiro atoms. The largest absolute Gasteiger partial charge is 0.303 e. The number of hydrogen-bond donors (Lipinski definition) is 0. The summed E-state index contributed by atoms with van der Waals surface area (Å²) < 4.78 is 1.27. The quantitative estimate of drug-likeness (QED) is 0.0837. The van der Waals surface area contributed by atoms with Gasteiger partial charge in [0.1, 0.15) is 0 Å². The van der Waals surface area contributed by atoms with E-state index in [0.29, 0.717) is 0 Å². The molecule has 0 saturated carbocycles. The van der Waals surface area contributed by atoms with E-state index in [1.165, 1.54) is 57.2 Å². The summed E-state index contributed by atoms with van der Waals surface area (Å²) in [6.45, 7) is 7.96. The SMILES string of the molecule is C#CC(I)[N+](CCCCC)(CCCCC)CCc1ccccc1Cl. The van der Waals surface area contributed by atoms with Gasteiger partial charge in [0.05, 0.1) is 19.6 Å². The zero-order chi connectivity index (χ0) is 17.8. The van der Waals surface area contributed by atoms with Crippen LogP contribution in [0.5, 0.6) is 0 Å². The molecule has 1 aromatic rings. The zero-order valence-corrected chi connectivity index (χ0v) is 18.2. The lowest BCUT2D eigenvalue weighted by Crippen LogP contribution is -2.54. The van der Waals surface area contributed by atoms with Crippen LogP contribution in [0.25, 0.3) is 0 Å². The van der Waals surface area contributed by atoms with Gasteiger partial charge >= 0.3 is 0 Å². The standard InChI is InChI=1S/C21H32ClIN/c1-4-7-11-16-24(21(23)6-3,17-12-8-5-2)18-15-19-13-9-10-14-20(19)22/h3,9-10,13-14,21H,4-5,7-8,11-12,15-18H2,1-2H3/q+1. The number of nitrogens with zero attached hydrogens (tertiary/aromatic N) is 1. The third-order valence-corrected chi connectivity index (χ3v) is 6.73. The van der Waals surface area contributed by atoms with Gasteiger partial charge in [-0.05, 0) is 43.2 Å². The molecule has 0 saturated heterocycles. The fourth-order valence-electron chi connectivity index (χ4n) is 3.23. The number of quaternary nitrogens is 1. The second kappa shape index (κ2) is 12.2. The predicted octanol–water partition coefficient (Wildman–Crippen LogP) is 6.47. The van der Waals surface area contributed by atoms with Gasteiger partial charge in [0.15, 0.2) is 0 Å². The Morgan fingerprint density at radius 1 is 1.04 bits per heavy atom. The monoisotopic (exact) mass is 460 g/mol. The molecule has 0 amide bonds. The van der Waals surface area contributed by atoms with Crippen LogP contribution in [0.1, 0.15) is 57.9 Å². The van der Waals surface area contributed by atoms with Gasteiger partial charge in [-0.2, -0.15) is 0 Å². The molecule has 1 rings (SSSR count). The number of halogens is 2. The lowest BCUT2D eigenvalue weighted by molar-refractivity contribution is -0.927. The smallest absolute Gasteiger partial charge is 0.200 e. The molecule has 0 N–H and O–H groups in total. The first-order valence-electron chi connectivity index (χ1n) is 9.29. The van der Waals surface area contributed by atoms with Crippen molar-refractivity contribution in [3.05, 3.63) is 34.9 Å². The Morgan fingerprint density at radius 2 is 1.62 bits per heavy atom. The molecule has 0 aliphatic rings. The number of unbranched alkanes of at least 4 members (excludes halogenated alkanes) is 4. The molecule has 1 aromatic carbocycles. The summed E-state index contributed by atoms with van der Waals surface area (Å²) in [7, 11) is 0. The number of terminal acetylenes is 1. The van der Waals surface area contributed by atoms with Crippen molar-refractivity contribution in [1.82, 2.24) is 0 Å². The van der Waals surface area contributed by atoms with Crippen molar-refractivity contribution in [2.45, 2.75) is 62.8 Å². The Balaban J connectivity index is 2.90. The first-order valence-corrected chi connectivity index (χ1v) is 10.9. The molecule has 0 heterocycles. The predicted molar refractivity (Wildman–Crippen MR) is 116 cm³/mol. The van der Waals surface area contributed by atoms with Gasteiger partial charge in [-0.1, -0.05) is 56.5 Å². The minimum Gasteiger partial charge on any atom is -0.303 e. The van der Waals surface area contributed by atoms with Crippen LogP contribution >= 0.6 is 34.2 Å².